The zero-order valence-electron chi connectivity index (χ0n) is 22.9. The summed E-state index contributed by atoms with van der Waals surface area (Å²) >= 11 is 1.54. The first-order chi connectivity index (χ1) is 16.8. The van der Waals surface area contributed by atoms with Gasteiger partial charge in [0.25, 0.3) is 0 Å². The Hall–Kier alpha value is -1.87. The number of hydrogen-bond donors (Lipinski definition) is 2. The van der Waals surface area contributed by atoms with Gasteiger partial charge in [0.2, 0.25) is 0 Å². The monoisotopic (exact) mass is 521 g/mol. The van der Waals surface area contributed by atoms with Crippen molar-refractivity contribution in [1.29, 1.82) is 0 Å². The number of thiazole rings is 1. The van der Waals surface area contributed by atoms with Crippen molar-refractivity contribution in [3.8, 4) is 0 Å². The number of aryl methyl sites for hydroxylation is 1. The summed E-state index contributed by atoms with van der Waals surface area (Å²) in [6.07, 6.45) is 2.53. The van der Waals surface area contributed by atoms with Crippen molar-refractivity contribution >= 4 is 29.2 Å². The molecule has 0 aromatic carbocycles. The van der Waals surface area contributed by atoms with Crippen LogP contribution in [0.3, 0.4) is 0 Å². The number of nitrogens with zero attached hydrogens (tertiary/aromatic N) is 1. The lowest BCUT2D eigenvalue weighted by molar-refractivity contribution is -0.157. The van der Waals surface area contributed by atoms with E-state index in [1.807, 2.05) is 45.2 Å². The van der Waals surface area contributed by atoms with E-state index in [0.29, 0.717) is 0 Å². The van der Waals surface area contributed by atoms with Gasteiger partial charge in [0.1, 0.15) is 11.9 Å². The van der Waals surface area contributed by atoms with Crippen molar-refractivity contribution < 1.29 is 29.3 Å². The number of ketones is 1. The molecule has 1 aliphatic rings. The molecular formula is C28H43NO6S. The lowest BCUT2D eigenvalue weighted by atomic mass is 9.73. The van der Waals surface area contributed by atoms with Crippen LogP contribution in [0.25, 0.3) is 6.08 Å². The highest BCUT2D eigenvalue weighted by molar-refractivity contribution is 7.09. The Bertz CT molecular complexity index is 965. The van der Waals surface area contributed by atoms with Gasteiger partial charge in [0.15, 0.2) is 6.10 Å². The molecular weight excluding hydrogens is 478 g/mol. The molecule has 0 aliphatic carbocycles. The Morgan fingerprint density at radius 2 is 1.92 bits per heavy atom. The van der Waals surface area contributed by atoms with Crippen molar-refractivity contribution in [2.45, 2.75) is 98.6 Å². The summed E-state index contributed by atoms with van der Waals surface area (Å²) < 4.78 is 11.6. The number of carbonyl (C=O) groups is 2. The second-order valence-corrected chi connectivity index (χ2v) is 11.8. The highest BCUT2D eigenvalue weighted by Crippen LogP contribution is 2.32. The Kier molecular flexibility index (Phi) is 11.0. The highest BCUT2D eigenvalue weighted by atomic mass is 32.1. The molecule has 8 heteroatoms. The molecule has 202 valence electrons. The predicted molar refractivity (Wildman–Crippen MR) is 143 cm³/mol. The summed E-state index contributed by atoms with van der Waals surface area (Å²) in [5, 5.41) is 24.6. The molecule has 1 aliphatic heterocycles. The minimum absolute atomic E-state index is 0.0831. The van der Waals surface area contributed by atoms with E-state index in [4.69, 9.17) is 9.47 Å². The number of esters is 1. The van der Waals surface area contributed by atoms with E-state index in [9.17, 15) is 19.8 Å². The topological polar surface area (TPSA) is 106 Å². The molecule has 1 aromatic rings. The van der Waals surface area contributed by atoms with Gasteiger partial charge in [-0.3, -0.25) is 9.59 Å². The van der Waals surface area contributed by atoms with Crippen molar-refractivity contribution in [3.05, 3.63) is 33.3 Å². The second kappa shape index (κ2) is 13.1. The van der Waals surface area contributed by atoms with E-state index in [-0.39, 0.29) is 18.1 Å². The standard InChI is InChI=1S/C28H43NO6S/c1-16-10-9-11-17(2)25(32)19(4)27(33)28(6,7)23(30)14-24(31)35-26(22(12-16)34-8)18(3)13-21-15-36-20(5)29-21/h12-13,15,17,19,22-23,25-26,30,32H,9-11,14H2,1-8H3/b16-12-,18-13+/t17-,19+,22-,23-,25-,26+/m0/s1. The minimum Gasteiger partial charge on any atom is -0.455 e. The fourth-order valence-corrected chi connectivity index (χ4v) is 5.27. The number of allylic oxidation sites excluding steroid dienone is 1. The van der Waals surface area contributed by atoms with E-state index in [1.165, 1.54) is 11.3 Å². The van der Waals surface area contributed by atoms with Crippen LogP contribution in [0.4, 0.5) is 0 Å². The number of carbonyl (C=O) groups excluding carboxylic acids is 2. The predicted octanol–water partition coefficient (Wildman–Crippen LogP) is 4.89. The van der Waals surface area contributed by atoms with Gasteiger partial charge in [-0.1, -0.05) is 39.3 Å². The number of aliphatic hydroxyl groups excluding tert-OH is 2. The smallest absolute Gasteiger partial charge is 0.309 e. The average Bonchev–Trinajstić information content (AvgIpc) is 3.22. The molecule has 0 spiro atoms. The number of aromatic nitrogens is 1. The minimum atomic E-state index is -1.26. The molecule has 0 amide bonds. The maximum absolute atomic E-state index is 13.2. The summed E-state index contributed by atoms with van der Waals surface area (Å²) in [7, 11) is 1.57. The number of aliphatic hydroxyl groups is 2. The van der Waals surface area contributed by atoms with E-state index in [2.05, 4.69) is 4.98 Å². The van der Waals surface area contributed by atoms with E-state index in [0.717, 1.165) is 41.1 Å². The quantitative estimate of drug-likeness (QED) is 0.431. The second-order valence-electron chi connectivity index (χ2n) is 10.8. The normalized spacial score (nSPS) is 33.1. The molecule has 7 nitrogen and oxygen atoms in total. The van der Waals surface area contributed by atoms with Crippen LogP contribution in [-0.4, -0.2) is 58.5 Å². The van der Waals surface area contributed by atoms with Crippen LogP contribution >= 0.6 is 11.3 Å². The number of methoxy groups -OCH3 is 1. The fraction of sp³-hybridized carbons (Fsp3) is 0.679. The van der Waals surface area contributed by atoms with Crippen molar-refractivity contribution in [2.24, 2.45) is 17.3 Å². The summed E-state index contributed by atoms with van der Waals surface area (Å²) in [5.41, 5.74) is 1.40. The zero-order chi connectivity index (χ0) is 27.2. The SMILES string of the molecule is CO[C@H]1/C=C(/C)CCC[C@H](C)[C@H](O)[C@@H](C)C(=O)C(C)(C)[C@@H](O)CC(=O)O[C@@H]1/C(C)=C/c1csc(C)n1. The molecule has 0 unspecified atom stereocenters. The molecule has 2 rings (SSSR count). The first-order valence-electron chi connectivity index (χ1n) is 12.7. The van der Waals surface area contributed by atoms with Gasteiger partial charge < -0.3 is 19.7 Å². The lowest BCUT2D eigenvalue weighted by Gasteiger charge is -2.34. The summed E-state index contributed by atoms with van der Waals surface area (Å²) in [6, 6.07) is 0. The Balaban J connectivity index is 2.45. The number of Topliss-reactive ketones (excluding diaryl/α,β-unsaturated/α-hetero) is 1. The molecule has 0 bridgehead atoms. The lowest BCUT2D eigenvalue weighted by Crippen LogP contribution is -2.46. The van der Waals surface area contributed by atoms with Gasteiger partial charge in [0.05, 0.1) is 34.7 Å². The molecule has 6 atom stereocenters. The molecule has 0 fully saturated rings. The average molecular weight is 522 g/mol. The number of rotatable bonds is 3. The molecule has 2 heterocycles. The highest BCUT2D eigenvalue weighted by Gasteiger charge is 2.42. The third kappa shape index (κ3) is 7.81. The van der Waals surface area contributed by atoms with E-state index < -0.39 is 41.7 Å². The van der Waals surface area contributed by atoms with E-state index >= 15 is 0 Å². The number of cyclic esters (lactones) is 1. The zero-order valence-corrected chi connectivity index (χ0v) is 23.7. The Morgan fingerprint density at radius 1 is 1.25 bits per heavy atom. The van der Waals surface area contributed by atoms with Crippen LogP contribution in [0.1, 0.15) is 77.9 Å². The Labute approximate surface area is 219 Å². The van der Waals surface area contributed by atoms with Gasteiger partial charge in [0, 0.05) is 18.4 Å². The van der Waals surface area contributed by atoms with Crippen molar-refractivity contribution in [2.75, 3.05) is 7.11 Å². The maximum Gasteiger partial charge on any atom is 0.309 e. The van der Waals surface area contributed by atoms with Crippen LogP contribution < -0.4 is 0 Å². The third-order valence-corrected chi connectivity index (χ3v) is 8.10. The number of ether oxygens (including phenoxy) is 2. The fourth-order valence-electron chi connectivity index (χ4n) is 4.70. The van der Waals surface area contributed by atoms with Gasteiger partial charge in [-0.15, -0.1) is 11.3 Å². The van der Waals surface area contributed by atoms with Crippen LogP contribution in [0, 0.1) is 24.2 Å². The Morgan fingerprint density at radius 3 is 2.50 bits per heavy atom. The molecule has 36 heavy (non-hydrogen) atoms. The van der Waals surface area contributed by atoms with Crippen molar-refractivity contribution in [3.63, 3.8) is 0 Å². The van der Waals surface area contributed by atoms with Crippen LogP contribution in [-0.2, 0) is 19.1 Å². The van der Waals surface area contributed by atoms with Crippen LogP contribution in [0.5, 0.6) is 0 Å². The van der Waals surface area contributed by atoms with Crippen molar-refractivity contribution in [1.82, 2.24) is 4.98 Å². The first kappa shape index (κ1) is 30.4. The van der Waals surface area contributed by atoms with Crippen LogP contribution in [0.2, 0.25) is 0 Å². The molecule has 2 N–H and O–H groups in total. The summed E-state index contributed by atoms with van der Waals surface area (Å²) in [4.78, 5) is 30.8. The molecule has 0 saturated heterocycles. The number of hydrogen-bond acceptors (Lipinski definition) is 8. The van der Waals surface area contributed by atoms with Gasteiger partial charge in [-0.25, -0.2) is 4.98 Å². The first-order valence-corrected chi connectivity index (χ1v) is 13.6. The maximum atomic E-state index is 13.2. The van der Waals surface area contributed by atoms with Gasteiger partial charge in [-0.05, 0) is 57.6 Å². The summed E-state index contributed by atoms with van der Waals surface area (Å²) in [5.74, 6) is -1.65. The largest absolute Gasteiger partial charge is 0.455 e. The molecule has 0 radical (unpaired) electrons. The molecule has 0 saturated carbocycles. The third-order valence-electron chi connectivity index (χ3n) is 7.31. The van der Waals surface area contributed by atoms with Crippen LogP contribution in [0.15, 0.2) is 22.6 Å². The molecule has 1 aromatic heterocycles. The van der Waals surface area contributed by atoms with Gasteiger partial charge >= 0.3 is 5.97 Å². The van der Waals surface area contributed by atoms with E-state index in [1.54, 1.807) is 27.9 Å². The summed E-state index contributed by atoms with van der Waals surface area (Å²) in [6.45, 7) is 12.7. The van der Waals surface area contributed by atoms with Gasteiger partial charge in [-0.2, -0.15) is 0 Å².